The third kappa shape index (κ3) is 2.99. The van der Waals surface area contributed by atoms with Crippen LogP contribution < -0.4 is 21.8 Å². The van der Waals surface area contributed by atoms with Crippen LogP contribution in [-0.4, -0.2) is 14.5 Å². The van der Waals surface area contributed by atoms with E-state index in [-0.39, 0.29) is 29.0 Å². The molecule has 0 amide bonds. The van der Waals surface area contributed by atoms with Crippen molar-refractivity contribution in [1.29, 1.82) is 0 Å². The Labute approximate surface area is 130 Å². The molecule has 2 aromatic rings. The van der Waals surface area contributed by atoms with E-state index in [9.17, 15) is 4.79 Å². The first-order chi connectivity index (χ1) is 9.81. The summed E-state index contributed by atoms with van der Waals surface area (Å²) in [6, 6.07) is 1.71. The van der Waals surface area contributed by atoms with Gasteiger partial charge < -0.3 is 20.8 Å². The molecule has 0 aromatic carbocycles. The lowest BCUT2D eigenvalue weighted by atomic mass is 10.0. The van der Waals surface area contributed by atoms with Gasteiger partial charge in [0.2, 0.25) is 5.95 Å². The summed E-state index contributed by atoms with van der Waals surface area (Å²) in [5.74, 6) is 0.845. The number of nitrogens with zero attached hydrogens (tertiary/aromatic N) is 3. The predicted molar refractivity (Wildman–Crippen MR) is 84.4 cm³/mol. The van der Waals surface area contributed by atoms with E-state index in [0.29, 0.717) is 15.9 Å². The molecule has 0 bridgehead atoms. The lowest BCUT2D eigenvalue weighted by Gasteiger charge is -2.16. The highest BCUT2D eigenvalue weighted by molar-refractivity contribution is 9.10. The van der Waals surface area contributed by atoms with E-state index >= 15 is 0 Å². The molecule has 7 nitrogen and oxygen atoms in total. The molecule has 0 aliphatic heterocycles. The number of aromatic nitrogens is 3. The molecule has 21 heavy (non-hydrogen) atoms. The summed E-state index contributed by atoms with van der Waals surface area (Å²) in [6.07, 6.45) is 1.38. The Balaban J connectivity index is 2.56. The minimum Gasteiger partial charge on any atom is -0.451 e. The van der Waals surface area contributed by atoms with Gasteiger partial charge in [0.15, 0.2) is 11.6 Å². The largest absolute Gasteiger partial charge is 0.451 e. The second kappa shape index (κ2) is 5.72. The average Bonchev–Trinajstić information content (AvgIpc) is 2.39. The van der Waals surface area contributed by atoms with Crippen molar-refractivity contribution in [2.45, 2.75) is 19.8 Å². The van der Waals surface area contributed by atoms with Crippen molar-refractivity contribution in [3.63, 3.8) is 0 Å². The van der Waals surface area contributed by atoms with Crippen LogP contribution >= 0.6 is 15.9 Å². The van der Waals surface area contributed by atoms with Crippen LogP contribution in [0.15, 0.2) is 21.7 Å². The van der Waals surface area contributed by atoms with Gasteiger partial charge in [-0.1, -0.05) is 13.8 Å². The van der Waals surface area contributed by atoms with Gasteiger partial charge in [-0.2, -0.15) is 4.98 Å². The Bertz CT molecular complexity index is 742. The summed E-state index contributed by atoms with van der Waals surface area (Å²) in [5, 5.41) is 0. The summed E-state index contributed by atoms with van der Waals surface area (Å²) >= 11 is 3.32. The SMILES string of the molecule is CC(C)c1c(Oc2cnc(N)nc2N)cc(Br)n(C)c1=O. The highest BCUT2D eigenvalue weighted by Crippen LogP contribution is 2.32. The summed E-state index contributed by atoms with van der Waals surface area (Å²) in [5.41, 5.74) is 11.6. The Hall–Kier alpha value is -2.09. The number of anilines is 2. The lowest BCUT2D eigenvalue weighted by Crippen LogP contribution is -2.23. The summed E-state index contributed by atoms with van der Waals surface area (Å²) < 4.78 is 7.83. The second-order valence-corrected chi connectivity index (χ2v) is 5.66. The van der Waals surface area contributed by atoms with Crippen molar-refractivity contribution >= 4 is 27.7 Å². The van der Waals surface area contributed by atoms with Gasteiger partial charge >= 0.3 is 0 Å². The maximum Gasteiger partial charge on any atom is 0.258 e. The van der Waals surface area contributed by atoms with Crippen LogP contribution in [0.4, 0.5) is 11.8 Å². The van der Waals surface area contributed by atoms with Gasteiger partial charge in [-0.15, -0.1) is 0 Å². The molecule has 0 saturated carbocycles. The molecule has 0 fully saturated rings. The van der Waals surface area contributed by atoms with Crippen LogP contribution in [-0.2, 0) is 7.05 Å². The Morgan fingerprint density at radius 1 is 1.33 bits per heavy atom. The molecule has 0 aliphatic rings. The number of halogens is 1. The van der Waals surface area contributed by atoms with Crippen molar-refractivity contribution < 1.29 is 4.74 Å². The quantitative estimate of drug-likeness (QED) is 0.816. The molecule has 0 radical (unpaired) electrons. The van der Waals surface area contributed by atoms with Crippen LogP contribution in [0.3, 0.4) is 0 Å². The van der Waals surface area contributed by atoms with E-state index in [2.05, 4.69) is 25.9 Å². The zero-order valence-corrected chi connectivity index (χ0v) is 13.5. The van der Waals surface area contributed by atoms with Crippen LogP contribution in [0.1, 0.15) is 25.3 Å². The molecule has 0 unspecified atom stereocenters. The number of nitrogen functional groups attached to an aromatic ring is 2. The number of hydrogen-bond acceptors (Lipinski definition) is 6. The van der Waals surface area contributed by atoms with Gasteiger partial charge in [0, 0.05) is 13.1 Å². The molecule has 0 atom stereocenters. The first-order valence-electron chi connectivity index (χ1n) is 6.26. The fourth-order valence-electron chi connectivity index (χ4n) is 1.88. The van der Waals surface area contributed by atoms with Crippen LogP contribution in [0.5, 0.6) is 11.5 Å². The third-order valence-electron chi connectivity index (χ3n) is 2.97. The highest BCUT2D eigenvalue weighted by atomic mass is 79.9. The maximum atomic E-state index is 12.4. The minimum absolute atomic E-state index is 0.0114. The fraction of sp³-hybridized carbons (Fsp3) is 0.308. The van der Waals surface area contributed by atoms with Crippen LogP contribution in [0, 0.1) is 0 Å². The summed E-state index contributed by atoms with van der Waals surface area (Å²) in [4.78, 5) is 20.0. The van der Waals surface area contributed by atoms with E-state index in [1.807, 2.05) is 13.8 Å². The van der Waals surface area contributed by atoms with Gasteiger partial charge in [-0.3, -0.25) is 4.79 Å². The molecule has 112 valence electrons. The van der Waals surface area contributed by atoms with Crippen LogP contribution in [0.2, 0.25) is 0 Å². The van der Waals surface area contributed by atoms with Crippen molar-refractivity contribution in [2.75, 3.05) is 11.5 Å². The first-order valence-corrected chi connectivity index (χ1v) is 7.05. The molecule has 2 rings (SSSR count). The molecule has 2 heterocycles. The Morgan fingerprint density at radius 3 is 2.57 bits per heavy atom. The summed E-state index contributed by atoms with van der Waals surface area (Å²) in [6.45, 7) is 3.83. The molecule has 0 spiro atoms. The van der Waals surface area contributed by atoms with Gasteiger partial charge in [0.1, 0.15) is 5.75 Å². The smallest absolute Gasteiger partial charge is 0.258 e. The van der Waals surface area contributed by atoms with E-state index in [4.69, 9.17) is 16.2 Å². The number of nitrogens with two attached hydrogens (primary N) is 2. The fourth-order valence-corrected chi connectivity index (χ4v) is 2.25. The summed E-state index contributed by atoms with van der Waals surface area (Å²) in [7, 11) is 1.68. The predicted octanol–water partition coefficient (Wildman–Crippen LogP) is 2.02. The first kappa shape index (κ1) is 15.3. The third-order valence-corrected chi connectivity index (χ3v) is 3.73. The number of rotatable bonds is 3. The molecular weight excluding hydrogens is 338 g/mol. The highest BCUT2D eigenvalue weighted by Gasteiger charge is 2.18. The van der Waals surface area contributed by atoms with Gasteiger partial charge in [0.25, 0.3) is 5.56 Å². The van der Waals surface area contributed by atoms with Crippen LogP contribution in [0.25, 0.3) is 0 Å². The van der Waals surface area contributed by atoms with Crippen molar-refractivity contribution in [1.82, 2.24) is 14.5 Å². The molecule has 2 aromatic heterocycles. The topological polar surface area (TPSA) is 109 Å². The number of pyridine rings is 1. The standard InChI is InChI=1S/C13H16BrN5O2/c1-6(2)10-7(4-9(14)19(3)12(10)20)21-8-5-17-13(16)18-11(8)15/h4-6H,1-3H3,(H4,15,16,17,18). The van der Waals surface area contributed by atoms with E-state index in [0.717, 1.165) is 0 Å². The molecule has 0 aliphatic carbocycles. The molecular formula is C13H16BrN5O2. The maximum absolute atomic E-state index is 12.4. The normalized spacial score (nSPS) is 10.9. The van der Waals surface area contributed by atoms with Crippen molar-refractivity contribution in [2.24, 2.45) is 7.05 Å². The van der Waals surface area contributed by atoms with Crippen molar-refractivity contribution in [3.8, 4) is 11.5 Å². The zero-order valence-electron chi connectivity index (χ0n) is 11.9. The minimum atomic E-state index is -0.135. The van der Waals surface area contributed by atoms with Gasteiger partial charge in [0.05, 0.1) is 16.4 Å². The Morgan fingerprint density at radius 2 is 2.00 bits per heavy atom. The molecule has 4 N–H and O–H groups in total. The van der Waals surface area contributed by atoms with Gasteiger partial charge in [-0.05, 0) is 21.8 Å². The second-order valence-electron chi connectivity index (χ2n) is 4.84. The monoisotopic (exact) mass is 353 g/mol. The molecule has 0 saturated heterocycles. The zero-order chi connectivity index (χ0) is 15.7. The van der Waals surface area contributed by atoms with Crippen molar-refractivity contribution in [3.05, 3.63) is 32.8 Å². The van der Waals surface area contributed by atoms with Gasteiger partial charge in [-0.25, -0.2) is 4.98 Å². The lowest BCUT2D eigenvalue weighted by molar-refractivity contribution is 0.466. The molecule has 8 heteroatoms. The average molecular weight is 354 g/mol. The number of ether oxygens (including phenoxy) is 1. The number of hydrogen-bond donors (Lipinski definition) is 2. The Kier molecular flexibility index (Phi) is 4.17. The van der Waals surface area contributed by atoms with E-state index in [1.54, 1.807) is 13.1 Å². The van der Waals surface area contributed by atoms with E-state index in [1.165, 1.54) is 10.8 Å². The van der Waals surface area contributed by atoms with E-state index < -0.39 is 0 Å².